The third kappa shape index (κ3) is 2.93. The summed E-state index contributed by atoms with van der Waals surface area (Å²) in [7, 11) is 0. The van der Waals surface area contributed by atoms with Gasteiger partial charge in [0.05, 0.1) is 13.2 Å². The van der Waals surface area contributed by atoms with E-state index in [-0.39, 0.29) is 11.6 Å². The lowest BCUT2D eigenvalue weighted by molar-refractivity contribution is -0.177. The van der Waals surface area contributed by atoms with E-state index in [0.717, 1.165) is 35.8 Å². The van der Waals surface area contributed by atoms with Crippen molar-refractivity contribution in [3.05, 3.63) is 28.5 Å². The minimum Gasteiger partial charge on any atom is -0.381 e. The van der Waals surface area contributed by atoms with Gasteiger partial charge in [-0.25, -0.2) is 4.39 Å². The molecule has 1 N–H and O–H groups in total. The summed E-state index contributed by atoms with van der Waals surface area (Å²) >= 11 is 3.38. The lowest BCUT2D eigenvalue weighted by atomic mass is 9.90. The van der Waals surface area contributed by atoms with E-state index in [0.29, 0.717) is 19.3 Å². The van der Waals surface area contributed by atoms with E-state index in [1.165, 1.54) is 12.1 Å². The molecule has 0 radical (unpaired) electrons. The standard InChI is InChI=1S/C14H17BrFNO2/c15-12-9-10(16)1-2-13(12)17-11-3-5-14(6-4-11)18-7-8-19-14/h1-2,9,11,17H,3-8H2. The van der Waals surface area contributed by atoms with E-state index < -0.39 is 0 Å². The number of hydrogen-bond acceptors (Lipinski definition) is 3. The van der Waals surface area contributed by atoms with Crippen molar-refractivity contribution in [3.8, 4) is 0 Å². The van der Waals surface area contributed by atoms with Crippen molar-refractivity contribution in [2.24, 2.45) is 0 Å². The van der Waals surface area contributed by atoms with Crippen molar-refractivity contribution in [1.29, 1.82) is 0 Å². The van der Waals surface area contributed by atoms with Crippen molar-refractivity contribution in [2.45, 2.75) is 37.5 Å². The van der Waals surface area contributed by atoms with Crippen LogP contribution in [0, 0.1) is 5.82 Å². The Morgan fingerprint density at radius 2 is 1.89 bits per heavy atom. The van der Waals surface area contributed by atoms with Gasteiger partial charge >= 0.3 is 0 Å². The first-order valence-corrected chi connectivity index (χ1v) is 7.46. The van der Waals surface area contributed by atoms with E-state index in [2.05, 4.69) is 21.2 Å². The molecule has 3 rings (SSSR count). The average Bonchev–Trinajstić information content (AvgIpc) is 2.84. The van der Waals surface area contributed by atoms with Crippen LogP contribution in [0.2, 0.25) is 0 Å². The Labute approximate surface area is 120 Å². The maximum atomic E-state index is 13.0. The van der Waals surface area contributed by atoms with Crippen LogP contribution in [0.1, 0.15) is 25.7 Å². The third-order valence-corrected chi connectivity index (χ3v) is 4.51. The van der Waals surface area contributed by atoms with Crippen molar-refractivity contribution in [1.82, 2.24) is 0 Å². The van der Waals surface area contributed by atoms with Gasteiger partial charge in [-0.1, -0.05) is 0 Å². The summed E-state index contributed by atoms with van der Waals surface area (Å²) < 4.78 is 25.2. The van der Waals surface area contributed by atoms with Gasteiger partial charge in [0.15, 0.2) is 5.79 Å². The molecule has 1 heterocycles. The summed E-state index contributed by atoms with van der Waals surface area (Å²) in [5, 5.41) is 3.46. The molecule has 0 amide bonds. The Kier molecular flexibility index (Phi) is 3.78. The zero-order valence-corrected chi connectivity index (χ0v) is 12.2. The van der Waals surface area contributed by atoms with Crippen LogP contribution in [0.15, 0.2) is 22.7 Å². The lowest BCUT2D eigenvalue weighted by Crippen LogP contribution is -2.39. The molecule has 2 aliphatic rings. The minimum absolute atomic E-state index is 0.229. The highest BCUT2D eigenvalue weighted by atomic mass is 79.9. The summed E-state index contributed by atoms with van der Waals surface area (Å²) in [6.45, 7) is 1.42. The quantitative estimate of drug-likeness (QED) is 0.897. The van der Waals surface area contributed by atoms with Crippen LogP contribution in [0.4, 0.5) is 10.1 Å². The molecule has 5 heteroatoms. The Balaban J connectivity index is 1.60. The summed E-state index contributed by atoms with van der Waals surface area (Å²) in [6, 6.07) is 5.11. The predicted octanol–water partition coefficient (Wildman–Crippen LogP) is 3.69. The zero-order valence-electron chi connectivity index (χ0n) is 10.6. The first kappa shape index (κ1) is 13.3. The largest absolute Gasteiger partial charge is 0.381 e. The fourth-order valence-electron chi connectivity index (χ4n) is 2.81. The van der Waals surface area contributed by atoms with Gasteiger partial charge in [0.25, 0.3) is 0 Å². The molecule has 1 aliphatic heterocycles. The molecule has 104 valence electrons. The van der Waals surface area contributed by atoms with Crippen LogP contribution in [-0.2, 0) is 9.47 Å². The molecule has 3 nitrogen and oxygen atoms in total. The molecule has 0 atom stereocenters. The van der Waals surface area contributed by atoms with Gasteiger partial charge in [0.2, 0.25) is 0 Å². The normalized spacial score (nSPS) is 22.8. The molecule has 0 aromatic heterocycles. The Morgan fingerprint density at radius 1 is 1.21 bits per heavy atom. The second kappa shape index (κ2) is 5.38. The summed E-state index contributed by atoms with van der Waals surface area (Å²) in [6.07, 6.45) is 3.85. The molecule has 1 saturated heterocycles. The number of halogens is 2. The Morgan fingerprint density at radius 3 is 2.53 bits per heavy atom. The van der Waals surface area contributed by atoms with Crippen LogP contribution < -0.4 is 5.32 Å². The minimum atomic E-state index is -0.321. The second-order valence-electron chi connectivity index (χ2n) is 5.15. The average molecular weight is 330 g/mol. The van der Waals surface area contributed by atoms with Gasteiger partial charge in [-0.2, -0.15) is 0 Å². The van der Waals surface area contributed by atoms with Crippen molar-refractivity contribution >= 4 is 21.6 Å². The maximum absolute atomic E-state index is 13.0. The van der Waals surface area contributed by atoms with E-state index in [1.54, 1.807) is 6.07 Å². The van der Waals surface area contributed by atoms with Crippen LogP contribution in [0.5, 0.6) is 0 Å². The highest BCUT2D eigenvalue weighted by Gasteiger charge is 2.40. The Bertz CT molecular complexity index is 453. The topological polar surface area (TPSA) is 30.5 Å². The van der Waals surface area contributed by atoms with Gasteiger partial charge < -0.3 is 14.8 Å². The first-order valence-electron chi connectivity index (χ1n) is 6.66. The molecule has 2 fully saturated rings. The van der Waals surface area contributed by atoms with Gasteiger partial charge in [-0.05, 0) is 47.0 Å². The number of anilines is 1. The third-order valence-electron chi connectivity index (χ3n) is 3.85. The van der Waals surface area contributed by atoms with Crippen LogP contribution in [0.3, 0.4) is 0 Å². The molecule has 1 spiro atoms. The Hall–Kier alpha value is -0.650. The van der Waals surface area contributed by atoms with E-state index in [1.807, 2.05) is 0 Å². The number of benzene rings is 1. The summed E-state index contributed by atoms with van der Waals surface area (Å²) in [4.78, 5) is 0. The van der Waals surface area contributed by atoms with Crippen LogP contribution >= 0.6 is 15.9 Å². The van der Waals surface area contributed by atoms with Gasteiger partial charge in [0.1, 0.15) is 5.82 Å². The number of ether oxygens (including phenoxy) is 2. The van der Waals surface area contributed by atoms with Crippen LogP contribution in [-0.4, -0.2) is 25.0 Å². The number of nitrogens with one attached hydrogen (secondary N) is 1. The molecule has 19 heavy (non-hydrogen) atoms. The molecule has 1 aromatic rings. The SMILES string of the molecule is Fc1ccc(NC2CCC3(CC2)OCCO3)c(Br)c1. The first-order chi connectivity index (χ1) is 9.17. The zero-order chi connectivity index (χ0) is 13.3. The number of rotatable bonds is 2. The molecule has 0 bridgehead atoms. The maximum Gasteiger partial charge on any atom is 0.168 e. The molecule has 1 aliphatic carbocycles. The van der Waals surface area contributed by atoms with Gasteiger partial charge in [0, 0.05) is 29.0 Å². The predicted molar refractivity (Wildman–Crippen MR) is 74.6 cm³/mol. The smallest absolute Gasteiger partial charge is 0.168 e. The second-order valence-corrected chi connectivity index (χ2v) is 6.00. The van der Waals surface area contributed by atoms with Gasteiger partial charge in [-0.15, -0.1) is 0 Å². The van der Waals surface area contributed by atoms with Crippen molar-refractivity contribution in [2.75, 3.05) is 18.5 Å². The highest BCUT2D eigenvalue weighted by Crippen LogP contribution is 2.37. The van der Waals surface area contributed by atoms with Crippen molar-refractivity contribution in [3.63, 3.8) is 0 Å². The van der Waals surface area contributed by atoms with Crippen molar-refractivity contribution < 1.29 is 13.9 Å². The van der Waals surface area contributed by atoms with E-state index >= 15 is 0 Å². The fraction of sp³-hybridized carbons (Fsp3) is 0.571. The molecular formula is C14H17BrFNO2. The number of hydrogen-bond donors (Lipinski definition) is 1. The summed E-state index contributed by atoms with van der Waals surface area (Å²) in [5.74, 6) is -0.550. The molecule has 1 aromatic carbocycles. The molecular weight excluding hydrogens is 313 g/mol. The highest BCUT2D eigenvalue weighted by molar-refractivity contribution is 9.10. The van der Waals surface area contributed by atoms with Crippen LogP contribution in [0.25, 0.3) is 0 Å². The summed E-state index contributed by atoms with van der Waals surface area (Å²) in [5.41, 5.74) is 0.940. The van der Waals surface area contributed by atoms with E-state index in [9.17, 15) is 4.39 Å². The fourth-order valence-corrected chi connectivity index (χ4v) is 3.28. The van der Waals surface area contributed by atoms with Gasteiger partial charge in [-0.3, -0.25) is 0 Å². The monoisotopic (exact) mass is 329 g/mol. The van der Waals surface area contributed by atoms with E-state index in [4.69, 9.17) is 9.47 Å². The lowest BCUT2D eigenvalue weighted by Gasteiger charge is -2.36. The molecule has 1 saturated carbocycles. The molecule has 0 unspecified atom stereocenters.